The molecule has 0 spiro atoms. The van der Waals surface area contributed by atoms with Gasteiger partial charge in [-0.2, -0.15) is 5.10 Å². The molecule has 1 aromatic carbocycles. The molecule has 2 aromatic rings. The Morgan fingerprint density at radius 2 is 2.27 bits per heavy atom. The molecule has 0 amide bonds. The fourth-order valence-corrected chi connectivity index (χ4v) is 1.45. The van der Waals surface area contributed by atoms with Gasteiger partial charge in [-0.05, 0) is 24.6 Å². The van der Waals surface area contributed by atoms with Crippen LogP contribution in [-0.4, -0.2) is 9.78 Å². The molecule has 78 valence electrons. The molecule has 2 N–H and O–H groups in total. The average molecular weight is 205 g/mol. The molecule has 0 aliphatic heterocycles. The van der Waals surface area contributed by atoms with Crippen LogP contribution in [-0.2, 0) is 6.42 Å². The summed E-state index contributed by atoms with van der Waals surface area (Å²) < 4.78 is 14.6. The highest BCUT2D eigenvalue weighted by Gasteiger charge is 2.05. The Labute approximate surface area is 87.3 Å². The van der Waals surface area contributed by atoms with Gasteiger partial charge >= 0.3 is 0 Å². The standard InChI is InChI=1S/C11H12FN3/c1-2-8-7-15(14-11(8)13)10-5-3-4-9(12)6-10/h3-7H,2H2,1H3,(H2,13,14). The van der Waals surface area contributed by atoms with E-state index in [1.807, 2.05) is 13.1 Å². The van der Waals surface area contributed by atoms with E-state index in [9.17, 15) is 4.39 Å². The monoisotopic (exact) mass is 205 g/mol. The fourth-order valence-electron chi connectivity index (χ4n) is 1.45. The van der Waals surface area contributed by atoms with E-state index in [2.05, 4.69) is 5.10 Å². The molecule has 15 heavy (non-hydrogen) atoms. The van der Waals surface area contributed by atoms with Crippen molar-refractivity contribution >= 4 is 5.82 Å². The Hall–Kier alpha value is -1.84. The smallest absolute Gasteiger partial charge is 0.149 e. The second-order valence-corrected chi connectivity index (χ2v) is 3.32. The van der Waals surface area contributed by atoms with Gasteiger partial charge in [0.2, 0.25) is 0 Å². The number of hydrogen-bond donors (Lipinski definition) is 1. The van der Waals surface area contributed by atoms with Gasteiger partial charge in [0, 0.05) is 11.8 Å². The van der Waals surface area contributed by atoms with Gasteiger partial charge < -0.3 is 5.73 Å². The van der Waals surface area contributed by atoms with Crippen molar-refractivity contribution in [3.05, 3.63) is 41.8 Å². The minimum absolute atomic E-state index is 0.278. The molecule has 0 saturated heterocycles. The van der Waals surface area contributed by atoms with Crippen LogP contribution in [0.3, 0.4) is 0 Å². The molecule has 4 heteroatoms. The maximum atomic E-state index is 13.0. The van der Waals surface area contributed by atoms with Crippen LogP contribution in [0.1, 0.15) is 12.5 Å². The molecule has 0 aliphatic carbocycles. The van der Waals surface area contributed by atoms with Crippen LogP contribution in [0.5, 0.6) is 0 Å². The summed E-state index contributed by atoms with van der Waals surface area (Å²) in [6, 6.07) is 6.26. The molecule has 0 saturated carbocycles. The highest BCUT2D eigenvalue weighted by atomic mass is 19.1. The molecule has 0 atom stereocenters. The molecular weight excluding hydrogens is 193 g/mol. The van der Waals surface area contributed by atoms with Crippen LogP contribution in [0.25, 0.3) is 5.69 Å². The molecule has 0 aliphatic rings. The summed E-state index contributed by atoms with van der Waals surface area (Å²) >= 11 is 0. The fraction of sp³-hybridized carbons (Fsp3) is 0.182. The molecule has 3 nitrogen and oxygen atoms in total. The number of halogens is 1. The zero-order chi connectivity index (χ0) is 10.8. The Kier molecular flexibility index (Phi) is 2.41. The van der Waals surface area contributed by atoms with Gasteiger partial charge in [-0.1, -0.05) is 13.0 Å². The molecule has 2 rings (SSSR count). The van der Waals surface area contributed by atoms with Gasteiger partial charge in [0.25, 0.3) is 0 Å². The Morgan fingerprint density at radius 3 is 2.87 bits per heavy atom. The van der Waals surface area contributed by atoms with Crippen molar-refractivity contribution in [2.45, 2.75) is 13.3 Å². The first-order valence-electron chi connectivity index (χ1n) is 4.80. The van der Waals surface area contributed by atoms with Crippen molar-refractivity contribution in [2.75, 3.05) is 5.73 Å². The summed E-state index contributed by atoms with van der Waals surface area (Å²) in [7, 11) is 0. The van der Waals surface area contributed by atoms with Crippen LogP contribution in [0.15, 0.2) is 30.5 Å². The van der Waals surface area contributed by atoms with Gasteiger partial charge in [0.05, 0.1) is 5.69 Å². The SMILES string of the molecule is CCc1cn(-c2cccc(F)c2)nc1N. The van der Waals surface area contributed by atoms with Gasteiger partial charge in [-0.25, -0.2) is 9.07 Å². The summed E-state index contributed by atoms with van der Waals surface area (Å²) in [6.45, 7) is 2.00. The van der Waals surface area contributed by atoms with Crippen LogP contribution in [0, 0.1) is 5.82 Å². The first kappa shape index (κ1) is 9.71. The van der Waals surface area contributed by atoms with Crippen LogP contribution in [0.4, 0.5) is 10.2 Å². The second-order valence-electron chi connectivity index (χ2n) is 3.32. The zero-order valence-corrected chi connectivity index (χ0v) is 8.44. The molecule has 0 bridgehead atoms. The van der Waals surface area contributed by atoms with E-state index in [0.29, 0.717) is 11.5 Å². The third kappa shape index (κ3) is 1.83. The van der Waals surface area contributed by atoms with E-state index >= 15 is 0 Å². The number of rotatable bonds is 2. The first-order valence-corrected chi connectivity index (χ1v) is 4.80. The Balaban J connectivity index is 2.45. The van der Waals surface area contributed by atoms with Crippen molar-refractivity contribution in [3.63, 3.8) is 0 Å². The topological polar surface area (TPSA) is 43.8 Å². The number of benzene rings is 1. The Bertz CT molecular complexity index is 476. The third-order valence-corrected chi connectivity index (χ3v) is 2.28. The van der Waals surface area contributed by atoms with Crippen LogP contribution >= 0.6 is 0 Å². The van der Waals surface area contributed by atoms with E-state index < -0.39 is 0 Å². The minimum Gasteiger partial charge on any atom is -0.382 e. The lowest BCUT2D eigenvalue weighted by Gasteiger charge is -1.99. The van der Waals surface area contributed by atoms with Crippen molar-refractivity contribution in [1.82, 2.24) is 9.78 Å². The van der Waals surface area contributed by atoms with Gasteiger partial charge in [-0.15, -0.1) is 0 Å². The second kappa shape index (κ2) is 3.73. The van der Waals surface area contributed by atoms with E-state index in [0.717, 1.165) is 12.0 Å². The van der Waals surface area contributed by atoms with Crippen molar-refractivity contribution in [2.24, 2.45) is 0 Å². The predicted octanol–water partition coefficient (Wildman–Crippen LogP) is 2.16. The van der Waals surface area contributed by atoms with E-state index in [1.165, 1.54) is 12.1 Å². The highest BCUT2D eigenvalue weighted by Crippen LogP contribution is 2.15. The lowest BCUT2D eigenvalue weighted by molar-refractivity contribution is 0.625. The minimum atomic E-state index is -0.278. The number of nitrogen functional groups attached to an aromatic ring is 1. The van der Waals surface area contributed by atoms with Crippen LogP contribution in [0.2, 0.25) is 0 Å². The average Bonchev–Trinajstić information content (AvgIpc) is 2.60. The normalized spacial score (nSPS) is 10.5. The number of aryl methyl sites for hydroxylation is 1. The molecule has 1 aromatic heterocycles. The van der Waals surface area contributed by atoms with Gasteiger partial charge in [-0.3, -0.25) is 0 Å². The maximum absolute atomic E-state index is 13.0. The summed E-state index contributed by atoms with van der Waals surface area (Å²) in [6.07, 6.45) is 2.64. The summed E-state index contributed by atoms with van der Waals surface area (Å²) in [5.41, 5.74) is 7.35. The summed E-state index contributed by atoms with van der Waals surface area (Å²) in [5, 5.41) is 4.12. The lowest BCUT2D eigenvalue weighted by atomic mass is 10.2. The molecular formula is C11H12FN3. The quantitative estimate of drug-likeness (QED) is 0.816. The number of nitrogens with zero attached hydrogens (tertiary/aromatic N) is 2. The third-order valence-electron chi connectivity index (χ3n) is 2.28. The van der Waals surface area contributed by atoms with E-state index in [4.69, 9.17) is 5.73 Å². The van der Waals surface area contributed by atoms with Gasteiger partial charge in [0.15, 0.2) is 0 Å². The maximum Gasteiger partial charge on any atom is 0.149 e. The molecule has 1 heterocycles. The van der Waals surface area contributed by atoms with Crippen LogP contribution < -0.4 is 5.73 Å². The highest BCUT2D eigenvalue weighted by molar-refractivity contribution is 5.41. The summed E-state index contributed by atoms with van der Waals surface area (Å²) in [5.74, 6) is 0.224. The molecule has 0 radical (unpaired) electrons. The van der Waals surface area contributed by atoms with E-state index in [-0.39, 0.29) is 5.82 Å². The van der Waals surface area contributed by atoms with Crippen molar-refractivity contribution in [1.29, 1.82) is 0 Å². The summed E-state index contributed by atoms with van der Waals surface area (Å²) in [4.78, 5) is 0. The number of nitrogens with two attached hydrogens (primary N) is 1. The van der Waals surface area contributed by atoms with Crippen molar-refractivity contribution < 1.29 is 4.39 Å². The van der Waals surface area contributed by atoms with Crippen molar-refractivity contribution in [3.8, 4) is 5.69 Å². The lowest BCUT2D eigenvalue weighted by Crippen LogP contribution is -1.96. The van der Waals surface area contributed by atoms with E-state index in [1.54, 1.807) is 16.8 Å². The van der Waals surface area contributed by atoms with Gasteiger partial charge in [0.1, 0.15) is 11.6 Å². The number of aromatic nitrogens is 2. The number of hydrogen-bond acceptors (Lipinski definition) is 2. The largest absolute Gasteiger partial charge is 0.382 e. The molecule has 0 fully saturated rings. The number of anilines is 1. The predicted molar refractivity (Wildman–Crippen MR) is 57.3 cm³/mol. The zero-order valence-electron chi connectivity index (χ0n) is 8.44. The first-order chi connectivity index (χ1) is 7.20. The Morgan fingerprint density at radius 1 is 1.47 bits per heavy atom. The molecule has 0 unspecified atom stereocenters.